The molecule has 0 bridgehead atoms. The molecule has 0 saturated carbocycles. The SMILES string of the molecule is C=CP(O)(=S)C=C. The normalized spacial score (nSPS) is 10.4. The molecule has 0 aromatic carbocycles. The third-order valence-corrected chi connectivity index (χ3v) is 2.46. The van der Waals surface area contributed by atoms with Gasteiger partial charge in [0.25, 0.3) is 0 Å². The first-order chi connectivity index (χ1) is 3.12. The van der Waals surface area contributed by atoms with E-state index in [0.717, 1.165) is 0 Å². The first-order valence-electron chi connectivity index (χ1n) is 1.72. The molecule has 0 aromatic heterocycles. The maximum absolute atomic E-state index is 8.82. The van der Waals surface area contributed by atoms with E-state index in [-0.39, 0.29) is 0 Å². The molecule has 0 spiro atoms. The summed E-state index contributed by atoms with van der Waals surface area (Å²) in [6.07, 6.45) is -2.29. The third-order valence-electron chi connectivity index (χ3n) is 0.523. The second-order valence-corrected chi connectivity index (χ2v) is 4.87. The molecule has 1 N–H and O–H groups in total. The molecular formula is C4H7OPS. The summed E-state index contributed by atoms with van der Waals surface area (Å²) in [5.41, 5.74) is 0. The van der Waals surface area contributed by atoms with Gasteiger partial charge >= 0.3 is 0 Å². The Morgan fingerprint density at radius 1 is 1.43 bits per heavy atom. The van der Waals surface area contributed by atoms with Gasteiger partial charge in [-0.15, -0.1) is 0 Å². The van der Waals surface area contributed by atoms with E-state index in [9.17, 15) is 0 Å². The van der Waals surface area contributed by atoms with E-state index < -0.39 is 6.26 Å². The van der Waals surface area contributed by atoms with E-state index in [1.54, 1.807) is 0 Å². The van der Waals surface area contributed by atoms with Crippen LogP contribution in [0.2, 0.25) is 0 Å². The summed E-state index contributed by atoms with van der Waals surface area (Å²) in [6, 6.07) is 0. The minimum Gasteiger partial charge on any atom is -0.359 e. The zero-order chi connectivity index (χ0) is 5.91. The lowest BCUT2D eigenvalue weighted by molar-refractivity contribution is 0.641. The zero-order valence-corrected chi connectivity index (χ0v) is 5.58. The molecule has 0 rings (SSSR count). The Labute approximate surface area is 48.5 Å². The highest BCUT2D eigenvalue weighted by molar-refractivity contribution is 8.14. The molecular weight excluding hydrogens is 127 g/mol. The van der Waals surface area contributed by atoms with E-state index in [1.165, 1.54) is 11.6 Å². The Balaban J connectivity index is 4.13. The van der Waals surface area contributed by atoms with Crippen LogP contribution >= 0.6 is 6.26 Å². The van der Waals surface area contributed by atoms with Crippen molar-refractivity contribution < 1.29 is 4.89 Å². The maximum Gasteiger partial charge on any atom is 0.105 e. The highest BCUT2D eigenvalue weighted by Crippen LogP contribution is 2.42. The standard InChI is InChI=1S/C4H7OPS/c1-3-6(5,7)4-2/h3-4H,1-2H2,(H,5,7). The van der Waals surface area contributed by atoms with Gasteiger partial charge in [-0.2, -0.15) is 0 Å². The first-order valence-corrected chi connectivity index (χ1v) is 4.61. The zero-order valence-electron chi connectivity index (χ0n) is 3.87. The fourth-order valence-corrected chi connectivity index (χ4v) is 0.224. The van der Waals surface area contributed by atoms with Crippen molar-refractivity contribution in [2.45, 2.75) is 0 Å². The summed E-state index contributed by atoms with van der Waals surface area (Å²) in [7, 11) is 0. The van der Waals surface area contributed by atoms with Gasteiger partial charge in [0.15, 0.2) is 0 Å². The van der Waals surface area contributed by atoms with Gasteiger partial charge in [-0.1, -0.05) is 25.0 Å². The smallest absolute Gasteiger partial charge is 0.105 e. The minimum absolute atomic E-state index is 1.36. The summed E-state index contributed by atoms with van der Waals surface area (Å²) < 4.78 is 0. The van der Waals surface area contributed by atoms with Crippen LogP contribution in [-0.4, -0.2) is 4.89 Å². The van der Waals surface area contributed by atoms with E-state index in [1.807, 2.05) is 0 Å². The van der Waals surface area contributed by atoms with Crippen LogP contribution in [0, 0.1) is 0 Å². The second kappa shape index (κ2) is 2.41. The minimum atomic E-state index is -2.29. The van der Waals surface area contributed by atoms with Crippen LogP contribution in [0.25, 0.3) is 0 Å². The first kappa shape index (κ1) is 7.09. The van der Waals surface area contributed by atoms with Gasteiger partial charge in [-0.3, -0.25) is 0 Å². The van der Waals surface area contributed by atoms with Crippen molar-refractivity contribution in [3.63, 3.8) is 0 Å². The lowest BCUT2D eigenvalue weighted by atomic mass is 11.3. The lowest BCUT2D eigenvalue weighted by Gasteiger charge is -1.97. The van der Waals surface area contributed by atoms with Gasteiger partial charge in [-0.05, 0) is 11.6 Å². The Hall–Kier alpha value is 0.0900. The molecule has 0 aliphatic rings. The van der Waals surface area contributed by atoms with Crippen LogP contribution in [-0.2, 0) is 11.8 Å². The quantitative estimate of drug-likeness (QED) is 0.579. The summed E-state index contributed by atoms with van der Waals surface area (Å²) in [6.45, 7) is 6.65. The molecule has 0 atom stereocenters. The summed E-state index contributed by atoms with van der Waals surface area (Å²) in [5, 5.41) is 0. The van der Waals surface area contributed by atoms with Crippen molar-refractivity contribution in [3.05, 3.63) is 24.8 Å². The largest absolute Gasteiger partial charge is 0.359 e. The molecule has 0 unspecified atom stereocenters. The summed E-state index contributed by atoms with van der Waals surface area (Å²) in [5.74, 6) is 2.71. The third kappa shape index (κ3) is 2.75. The molecule has 0 aliphatic carbocycles. The van der Waals surface area contributed by atoms with Gasteiger partial charge in [-0.25, -0.2) is 0 Å². The van der Waals surface area contributed by atoms with Crippen LogP contribution in [0.4, 0.5) is 0 Å². The fraction of sp³-hybridized carbons (Fsp3) is 0. The van der Waals surface area contributed by atoms with Crippen LogP contribution in [0.5, 0.6) is 0 Å². The van der Waals surface area contributed by atoms with Crippen LogP contribution in [0.3, 0.4) is 0 Å². The lowest BCUT2D eigenvalue weighted by Crippen LogP contribution is -1.59. The molecule has 1 nitrogen and oxygen atoms in total. The number of rotatable bonds is 2. The molecule has 0 fully saturated rings. The van der Waals surface area contributed by atoms with Gasteiger partial charge in [0.1, 0.15) is 6.26 Å². The van der Waals surface area contributed by atoms with Crippen molar-refractivity contribution in [3.8, 4) is 0 Å². The van der Waals surface area contributed by atoms with Gasteiger partial charge in [0.05, 0.1) is 0 Å². The van der Waals surface area contributed by atoms with Gasteiger partial charge in [0, 0.05) is 0 Å². The van der Waals surface area contributed by atoms with E-state index in [4.69, 9.17) is 4.89 Å². The van der Waals surface area contributed by atoms with Crippen molar-refractivity contribution >= 4 is 18.1 Å². The topological polar surface area (TPSA) is 20.2 Å². The van der Waals surface area contributed by atoms with Crippen LogP contribution in [0.15, 0.2) is 24.8 Å². The molecule has 0 amide bonds. The predicted molar refractivity (Wildman–Crippen MR) is 36.9 cm³/mol. The van der Waals surface area contributed by atoms with Crippen molar-refractivity contribution in [1.82, 2.24) is 0 Å². The van der Waals surface area contributed by atoms with Crippen LogP contribution < -0.4 is 0 Å². The molecule has 0 saturated heterocycles. The predicted octanol–water partition coefficient (Wildman–Crippen LogP) is 1.66. The number of hydrogen-bond donors (Lipinski definition) is 1. The van der Waals surface area contributed by atoms with Crippen molar-refractivity contribution in [2.75, 3.05) is 0 Å². The van der Waals surface area contributed by atoms with Gasteiger partial charge < -0.3 is 4.89 Å². The Morgan fingerprint density at radius 2 is 1.71 bits per heavy atom. The molecule has 0 aromatic rings. The molecule has 7 heavy (non-hydrogen) atoms. The Bertz CT molecular complexity index is 118. The Morgan fingerprint density at radius 3 is 1.71 bits per heavy atom. The summed E-state index contributed by atoms with van der Waals surface area (Å²) in [4.78, 5) is 8.82. The van der Waals surface area contributed by atoms with E-state index in [0.29, 0.717) is 0 Å². The van der Waals surface area contributed by atoms with Crippen molar-refractivity contribution in [1.29, 1.82) is 0 Å². The monoisotopic (exact) mass is 134 g/mol. The number of hydrogen-bond acceptors (Lipinski definition) is 1. The average molecular weight is 134 g/mol. The molecule has 0 heterocycles. The summed E-state index contributed by atoms with van der Waals surface area (Å²) >= 11 is 4.58. The second-order valence-electron chi connectivity index (χ2n) is 1.04. The molecule has 40 valence electrons. The average Bonchev–Trinajstić information content (AvgIpc) is 1.68. The van der Waals surface area contributed by atoms with E-state index >= 15 is 0 Å². The highest BCUT2D eigenvalue weighted by atomic mass is 32.4. The van der Waals surface area contributed by atoms with Crippen LogP contribution in [0.1, 0.15) is 0 Å². The van der Waals surface area contributed by atoms with Gasteiger partial charge in [0.2, 0.25) is 0 Å². The highest BCUT2D eigenvalue weighted by Gasteiger charge is 1.95. The molecule has 3 heteroatoms. The van der Waals surface area contributed by atoms with E-state index in [2.05, 4.69) is 25.0 Å². The van der Waals surface area contributed by atoms with Crippen molar-refractivity contribution in [2.24, 2.45) is 0 Å². The molecule has 0 aliphatic heterocycles. The fourth-order valence-electron chi connectivity index (χ4n) is 0.0745. The Kier molecular flexibility index (Phi) is 2.44. The maximum atomic E-state index is 8.82. The molecule has 0 radical (unpaired) electrons.